The number of ether oxygens (including phenoxy) is 2. The van der Waals surface area contributed by atoms with Crippen LogP contribution in [-0.4, -0.2) is 68.6 Å². The van der Waals surface area contributed by atoms with Crippen LogP contribution in [0.25, 0.3) is 11.3 Å². The van der Waals surface area contributed by atoms with Crippen LogP contribution in [0, 0.1) is 18.6 Å². The number of hydrogen-bond donors (Lipinski definition) is 0. The first-order valence-electron chi connectivity index (χ1n) is 14.2. The number of nitrogens with zero attached hydrogens (tertiary/aromatic N) is 6. The van der Waals surface area contributed by atoms with Gasteiger partial charge in [-0.3, -0.25) is 4.68 Å². The van der Waals surface area contributed by atoms with Gasteiger partial charge in [0.05, 0.1) is 30.2 Å². The van der Waals surface area contributed by atoms with E-state index in [1.165, 1.54) is 6.07 Å². The molecule has 1 fully saturated rings. The molecule has 0 bridgehead atoms. The average molecular weight is 569 g/mol. The van der Waals surface area contributed by atoms with Crippen molar-refractivity contribution in [3.63, 3.8) is 0 Å². The third kappa shape index (κ3) is 6.28. The Morgan fingerprint density at radius 3 is 2.56 bits per heavy atom. The first-order valence-corrected chi connectivity index (χ1v) is 14.2. The Balaban J connectivity index is 1.32. The zero-order chi connectivity index (χ0) is 29.5. The molecule has 2 aliphatic rings. The van der Waals surface area contributed by atoms with Crippen molar-refractivity contribution < 1.29 is 23.0 Å². The highest BCUT2D eigenvalue weighted by atomic mass is 19.1. The van der Waals surface area contributed by atoms with Gasteiger partial charge in [0.2, 0.25) is 0 Å². The molecule has 3 aromatic rings. The highest BCUT2D eigenvalue weighted by Gasteiger charge is 2.29. The van der Waals surface area contributed by atoms with E-state index in [0.29, 0.717) is 49.7 Å². The van der Waals surface area contributed by atoms with Crippen LogP contribution in [0.5, 0.6) is 5.75 Å². The van der Waals surface area contributed by atoms with E-state index >= 15 is 4.39 Å². The summed E-state index contributed by atoms with van der Waals surface area (Å²) in [6.07, 6.45) is 4.70. The zero-order valence-corrected chi connectivity index (χ0v) is 24.6. The van der Waals surface area contributed by atoms with Gasteiger partial charge in [-0.25, -0.2) is 23.5 Å². The molecule has 41 heavy (non-hydrogen) atoms. The minimum atomic E-state index is -0.620. The summed E-state index contributed by atoms with van der Waals surface area (Å²) in [6, 6.07) is 3.28. The van der Waals surface area contributed by atoms with Gasteiger partial charge >= 0.3 is 6.09 Å². The summed E-state index contributed by atoms with van der Waals surface area (Å²) in [5.41, 5.74) is 2.21. The van der Waals surface area contributed by atoms with Gasteiger partial charge in [0.1, 0.15) is 23.7 Å². The Hall–Kier alpha value is -3.76. The maximum Gasteiger partial charge on any atom is 0.410 e. The number of carbonyl (C=O) groups is 1. The lowest BCUT2D eigenvalue weighted by atomic mass is 10.1. The van der Waals surface area contributed by atoms with Crippen molar-refractivity contribution in [2.24, 2.45) is 0 Å². The van der Waals surface area contributed by atoms with Gasteiger partial charge in [0, 0.05) is 42.9 Å². The average Bonchev–Trinajstić information content (AvgIpc) is 3.28. The fourth-order valence-corrected chi connectivity index (χ4v) is 5.36. The van der Waals surface area contributed by atoms with Crippen LogP contribution in [0.1, 0.15) is 70.6 Å². The number of rotatable bonds is 5. The number of halogens is 2. The quantitative estimate of drug-likeness (QED) is 0.391. The Labute approximate surface area is 239 Å². The molecule has 0 saturated carbocycles. The second kappa shape index (κ2) is 11.3. The molecule has 0 spiro atoms. The molecule has 0 atom stereocenters. The van der Waals surface area contributed by atoms with E-state index < -0.39 is 17.2 Å². The molecule has 1 saturated heterocycles. The Bertz CT molecular complexity index is 1430. The molecule has 220 valence electrons. The topological polar surface area (TPSA) is 85.6 Å². The van der Waals surface area contributed by atoms with Gasteiger partial charge in [0.15, 0.2) is 17.4 Å². The maximum absolute atomic E-state index is 15.0. The molecule has 1 aromatic carbocycles. The summed E-state index contributed by atoms with van der Waals surface area (Å²) in [4.78, 5) is 24.9. The van der Waals surface area contributed by atoms with Crippen molar-refractivity contribution in [2.75, 3.05) is 31.1 Å². The van der Waals surface area contributed by atoms with E-state index in [0.717, 1.165) is 30.3 Å². The largest absolute Gasteiger partial charge is 0.486 e. The summed E-state index contributed by atoms with van der Waals surface area (Å²) < 4.78 is 43.1. The number of hydrogen-bond acceptors (Lipinski definition) is 7. The van der Waals surface area contributed by atoms with Crippen molar-refractivity contribution >= 4 is 11.8 Å². The lowest BCUT2D eigenvalue weighted by Crippen LogP contribution is -2.42. The summed E-state index contributed by atoms with van der Waals surface area (Å²) >= 11 is 0. The minimum Gasteiger partial charge on any atom is -0.486 e. The standard InChI is InChI=1S/C30H38F2N6O3/c1-18(2)37-11-12-40-28-23(31)13-20(14-25(28)37)27-24(32)16-33-26(34-27)15-21-17-38(35-19(21)3)22-7-9-36(10-8-22)29(39)41-30(4,5)6/h13-14,16-18,22H,7-12,15H2,1-6H3. The van der Waals surface area contributed by atoms with Gasteiger partial charge in [-0.15, -0.1) is 0 Å². The number of likely N-dealkylation sites (tertiary alicyclic amines) is 1. The molecule has 0 radical (unpaired) electrons. The maximum atomic E-state index is 15.0. The zero-order valence-electron chi connectivity index (χ0n) is 24.6. The fraction of sp³-hybridized carbons (Fsp3) is 0.533. The molecule has 0 unspecified atom stereocenters. The number of piperidine rings is 1. The highest BCUT2D eigenvalue weighted by Crippen LogP contribution is 2.39. The lowest BCUT2D eigenvalue weighted by molar-refractivity contribution is 0.0184. The first kappa shape index (κ1) is 28.8. The van der Waals surface area contributed by atoms with Gasteiger partial charge in [-0.1, -0.05) is 0 Å². The molecular formula is C30H38F2N6O3. The number of fused-ring (bicyclic) bond motifs is 1. The van der Waals surface area contributed by atoms with Gasteiger partial charge < -0.3 is 19.3 Å². The molecule has 1 amide bonds. The predicted molar refractivity (Wildman–Crippen MR) is 151 cm³/mol. The van der Waals surface area contributed by atoms with E-state index in [1.54, 1.807) is 11.0 Å². The van der Waals surface area contributed by atoms with Crippen LogP contribution in [0.4, 0.5) is 19.3 Å². The minimum absolute atomic E-state index is 0.0468. The number of aryl methyl sites for hydroxylation is 1. The monoisotopic (exact) mass is 568 g/mol. The van der Waals surface area contributed by atoms with E-state index in [9.17, 15) is 9.18 Å². The SMILES string of the molecule is Cc1nn(C2CCN(C(=O)OC(C)(C)C)CC2)cc1Cc1ncc(F)c(-c2cc(F)c3c(c2)N(C(C)C)CCO3)n1. The van der Waals surface area contributed by atoms with E-state index in [2.05, 4.69) is 9.97 Å². The molecule has 0 aliphatic carbocycles. The summed E-state index contributed by atoms with van der Waals surface area (Å²) in [5, 5.41) is 4.73. The van der Waals surface area contributed by atoms with Crippen LogP contribution in [0.3, 0.4) is 0 Å². The second-order valence-corrected chi connectivity index (χ2v) is 12.0. The summed E-state index contributed by atoms with van der Waals surface area (Å²) in [6.45, 7) is 13.7. The molecular weight excluding hydrogens is 530 g/mol. The van der Waals surface area contributed by atoms with Crippen molar-refractivity contribution in [1.29, 1.82) is 0 Å². The van der Waals surface area contributed by atoms with Crippen LogP contribution < -0.4 is 9.64 Å². The van der Waals surface area contributed by atoms with Crippen LogP contribution in [0.15, 0.2) is 24.5 Å². The van der Waals surface area contributed by atoms with Crippen LogP contribution >= 0.6 is 0 Å². The Morgan fingerprint density at radius 2 is 1.88 bits per heavy atom. The lowest BCUT2D eigenvalue weighted by Gasteiger charge is -2.34. The smallest absolute Gasteiger partial charge is 0.410 e. The van der Waals surface area contributed by atoms with Crippen LogP contribution in [-0.2, 0) is 11.2 Å². The molecule has 4 heterocycles. The predicted octanol–water partition coefficient (Wildman–Crippen LogP) is 5.70. The number of amides is 1. The third-order valence-electron chi connectivity index (χ3n) is 7.46. The second-order valence-electron chi connectivity index (χ2n) is 12.0. The Morgan fingerprint density at radius 1 is 1.15 bits per heavy atom. The van der Waals surface area contributed by atoms with Crippen LogP contribution in [0.2, 0.25) is 0 Å². The molecule has 2 aromatic heterocycles. The summed E-state index contributed by atoms with van der Waals surface area (Å²) in [5.74, 6) is -0.565. The van der Waals surface area contributed by atoms with E-state index in [4.69, 9.17) is 14.6 Å². The van der Waals surface area contributed by atoms with Gasteiger partial charge in [-0.05, 0) is 66.5 Å². The molecule has 0 N–H and O–H groups in total. The molecule has 9 nitrogen and oxygen atoms in total. The number of aromatic nitrogens is 4. The van der Waals surface area contributed by atoms with Gasteiger partial charge in [-0.2, -0.15) is 5.10 Å². The van der Waals surface area contributed by atoms with Crippen molar-refractivity contribution in [1.82, 2.24) is 24.6 Å². The van der Waals surface area contributed by atoms with Gasteiger partial charge in [0.25, 0.3) is 0 Å². The van der Waals surface area contributed by atoms with Crippen molar-refractivity contribution in [3.05, 3.63) is 53.2 Å². The Kier molecular flexibility index (Phi) is 7.89. The fourth-order valence-electron chi connectivity index (χ4n) is 5.36. The number of carbonyl (C=O) groups excluding carboxylic acids is 1. The third-order valence-corrected chi connectivity index (χ3v) is 7.46. The van der Waals surface area contributed by atoms with Crippen molar-refractivity contribution in [3.8, 4) is 17.0 Å². The highest BCUT2D eigenvalue weighted by molar-refractivity contribution is 5.72. The van der Waals surface area contributed by atoms with E-state index in [1.807, 2.05) is 57.3 Å². The molecule has 11 heteroatoms. The number of benzene rings is 1. The first-order chi connectivity index (χ1) is 19.4. The van der Waals surface area contributed by atoms with Crippen molar-refractivity contribution in [2.45, 2.75) is 78.5 Å². The normalized spacial score (nSPS) is 16.1. The number of anilines is 1. The summed E-state index contributed by atoms with van der Waals surface area (Å²) in [7, 11) is 0. The molecule has 5 rings (SSSR count). The molecule has 2 aliphatic heterocycles. The van der Waals surface area contributed by atoms with E-state index in [-0.39, 0.29) is 29.6 Å².